The van der Waals surface area contributed by atoms with Crippen LogP contribution in [0.4, 0.5) is 0 Å². The summed E-state index contributed by atoms with van der Waals surface area (Å²) in [7, 11) is 0. The van der Waals surface area contributed by atoms with Gasteiger partial charge in [-0.3, -0.25) is 0 Å². The van der Waals surface area contributed by atoms with Crippen molar-refractivity contribution in [2.24, 2.45) is 0 Å². The largest absolute Gasteiger partial charge is 0.392 e. The molecule has 0 bridgehead atoms. The summed E-state index contributed by atoms with van der Waals surface area (Å²) in [5.74, 6) is 0.637. The Hall–Kier alpha value is -1.35. The summed E-state index contributed by atoms with van der Waals surface area (Å²) in [6, 6.07) is 16.9. The number of aliphatic hydroxyl groups excluding tert-OH is 1. The third-order valence-electron chi connectivity index (χ3n) is 4.26. The van der Waals surface area contributed by atoms with Gasteiger partial charge in [-0.15, -0.1) is 0 Å². The number of hydrogen-bond acceptors (Lipinski definition) is 2. The van der Waals surface area contributed by atoms with Crippen molar-refractivity contribution < 1.29 is 5.11 Å². The van der Waals surface area contributed by atoms with Crippen LogP contribution in [0.2, 0.25) is 5.02 Å². The Balaban J connectivity index is 1.46. The molecule has 3 heteroatoms. The maximum absolute atomic E-state index is 9.03. The van der Waals surface area contributed by atoms with Gasteiger partial charge >= 0.3 is 0 Å². The number of halogens is 1. The zero-order valence-corrected chi connectivity index (χ0v) is 12.7. The highest BCUT2D eigenvalue weighted by Crippen LogP contribution is 2.37. The smallest absolute Gasteiger partial charge is 0.0681 e. The summed E-state index contributed by atoms with van der Waals surface area (Å²) in [6.07, 6.45) is 2.35. The average Bonchev–Trinajstić information content (AvgIpc) is 2.46. The van der Waals surface area contributed by atoms with E-state index in [4.69, 9.17) is 16.7 Å². The topological polar surface area (TPSA) is 32.3 Å². The fourth-order valence-electron chi connectivity index (χ4n) is 2.84. The van der Waals surface area contributed by atoms with Crippen LogP contribution in [-0.2, 0) is 13.2 Å². The molecule has 1 saturated carbocycles. The number of nitrogens with one attached hydrogen (secondary N) is 1. The summed E-state index contributed by atoms with van der Waals surface area (Å²) in [4.78, 5) is 0. The molecule has 1 aliphatic carbocycles. The number of rotatable bonds is 5. The summed E-state index contributed by atoms with van der Waals surface area (Å²) >= 11 is 6.04. The van der Waals surface area contributed by atoms with E-state index in [-0.39, 0.29) is 6.61 Å². The standard InChI is InChI=1S/C18H20ClNO/c19-17-3-1-2-15(8-17)16-9-18(10-16)20-11-13-4-6-14(12-21)7-5-13/h1-8,16,18,20-21H,9-12H2. The van der Waals surface area contributed by atoms with Crippen molar-refractivity contribution in [2.45, 2.75) is 38.0 Å². The first kappa shape index (κ1) is 14.6. The van der Waals surface area contributed by atoms with Crippen LogP contribution in [0.5, 0.6) is 0 Å². The van der Waals surface area contributed by atoms with Crippen LogP contribution in [-0.4, -0.2) is 11.1 Å². The minimum absolute atomic E-state index is 0.109. The second-order valence-electron chi connectivity index (χ2n) is 5.78. The molecule has 3 rings (SSSR count). The predicted molar refractivity (Wildman–Crippen MR) is 86.4 cm³/mol. The Morgan fingerprint density at radius 3 is 2.43 bits per heavy atom. The predicted octanol–water partition coefficient (Wildman–Crippen LogP) is 3.87. The van der Waals surface area contributed by atoms with Crippen molar-refractivity contribution in [3.63, 3.8) is 0 Å². The molecule has 2 N–H and O–H groups in total. The molecule has 21 heavy (non-hydrogen) atoms. The minimum Gasteiger partial charge on any atom is -0.392 e. The van der Waals surface area contributed by atoms with Gasteiger partial charge in [-0.2, -0.15) is 0 Å². The third-order valence-corrected chi connectivity index (χ3v) is 4.49. The van der Waals surface area contributed by atoms with E-state index in [1.54, 1.807) is 0 Å². The van der Waals surface area contributed by atoms with Gasteiger partial charge in [-0.1, -0.05) is 48.0 Å². The first-order valence-electron chi connectivity index (χ1n) is 7.42. The highest BCUT2D eigenvalue weighted by molar-refractivity contribution is 6.30. The Labute approximate surface area is 130 Å². The molecular weight excluding hydrogens is 282 g/mol. The lowest BCUT2D eigenvalue weighted by atomic mass is 9.76. The molecular formula is C18H20ClNO. The van der Waals surface area contributed by atoms with Gasteiger partial charge < -0.3 is 10.4 Å². The third kappa shape index (κ3) is 3.65. The molecule has 110 valence electrons. The Kier molecular flexibility index (Phi) is 4.59. The minimum atomic E-state index is 0.109. The van der Waals surface area contributed by atoms with Gasteiger partial charge in [0.05, 0.1) is 6.61 Å². The summed E-state index contributed by atoms with van der Waals surface area (Å²) < 4.78 is 0. The number of aliphatic hydroxyl groups is 1. The van der Waals surface area contributed by atoms with Gasteiger partial charge in [-0.05, 0) is 47.6 Å². The van der Waals surface area contributed by atoms with E-state index < -0.39 is 0 Å². The fraction of sp³-hybridized carbons (Fsp3) is 0.333. The van der Waals surface area contributed by atoms with Crippen LogP contribution >= 0.6 is 11.6 Å². The van der Waals surface area contributed by atoms with E-state index in [1.165, 1.54) is 24.0 Å². The van der Waals surface area contributed by atoms with Crippen LogP contribution in [0, 0.1) is 0 Å². The lowest BCUT2D eigenvalue weighted by Crippen LogP contribution is -2.39. The fourth-order valence-corrected chi connectivity index (χ4v) is 3.04. The normalized spacial score (nSPS) is 21.0. The van der Waals surface area contributed by atoms with Crippen molar-refractivity contribution >= 4 is 11.6 Å². The van der Waals surface area contributed by atoms with Crippen molar-refractivity contribution in [2.75, 3.05) is 0 Å². The number of hydrogen-bond donors (Lipinski definition) is 2. The van der Waals surface area contributed by atoms with Gasteiger partial charge in [0.15, 0.2) is 0 Å². The van der Waals surface area contributed by atoms with E-state index in [0.29, 0.717) is 12.0 Å². The second-order valence-corrected chi connectivity index (χ2v) is 6.21. The van der Waals surface area contributed by atoms with Crippen LogP contribution in [0.1, 0.15) is 35.4 Å². The van der Waals surface area contributed by atoms with Gasteiger partial charge in [0.2, 0.25) is 0 Å². The Morgan fingerprint density at radius 1 is 1.05 bits per heavy atom. The average molecular weight is 302 g/mol. The van der Waals surface area contributed by atoms with E-state index in [0.717, 1.165) is 17.1 Å². The molecule has 0 radical (unpaired) electrons. The molecule has 2 aromatic rings. The van der Waals surface area contributed by atoms with Crippen molar-refractivity contribution in [1.29, 1.82) is 0 Å². The summed E-state index contributed by atoms with van der Waals surface area (Å²) in [5, 5.41) is 13.4. The Morgan fingerprint density at radius 2 is 1.76 bits per heavy atom. The zero-order valence-electron chi connectivity index (χ0n) is 11.9. The van der Waals surface area contributed by atoms with Gasteiger partial charge in [0.1, 0.15) is 0 Å². The van der Waals surface area contributed by atoms with E-state index in [1.807, 2.05) is 24.3 Å². The second kappa shape index (κ2) is 6.61. The first-order valence-corrected chi connectivity index (χ1v) is 7.80. The lowest BCUT2D eigenvalue weighted by Gasteiger charge is -2.36. The van der Waals surface area contributed by atoms with Crippen LogP contribution in [0.25, 0.3) is 0 Å². The molecule has 0 aromatic heterocycles. The van der Waals surface area contributed by atoms with Crippen LogP contribution in [0.3, 0.4) is 0 Å². The molecule has 0 spiro atoms. The van der Waals surface area contributed by atoms with Gasteiger partial charge in [-0.25, -0.2) is 0 Å². The molecule has 0 saturated heterocycles. The SMILES string of the molecule is OCc1ccc(CNC2CC(c3cccc(Cl)c3)C2)cc1. The molecule has 0 amide bonds. The summed E-state index contributed by atoms with van der Waals surface area (Å²) in [5.41, 5.74) is 3.58. The van der Waals surface area contributed by atoms with Gasteiger partial charge in [0.25, 0.3) is 0 Å². The zero-order chi connectivity index (χ0) is 14.7. The first-order chi connectivity index (χ1) is 10.2. The lowest BCUT2D eigenvalue weighted by molar-refractivity contribution is 0.281. The summed E-state index contributed by atoms with van der Waals surface area (Å²) in [6.45, 7) is 0.996. The van der Waals surface area contributed by atoms with Crippen molar-refractivity contribution in [3.8, 4) is 0 Å². The Bertz CT molecular complexity index is 590. The van der Waals surface area contributed by atoms with E-state index in [2.05, 4.69) is 29.6 Å². The van der Waals surface area contributed by atoms with Crippen molar-refractivity contribution in [3.05, 3.63) is 70.2 Å². The molecule has 2 nitrogen and oxygen atoms in total. The van der Waals surface area contributed by atoms with Crippen molar-refractivity contribution in [1.82, 2.24) is 5.32 Å². The molecule has 0 atom stereocenters. The van der Waals surface area contributed by atoms with Crippen LogP contribution < -0.4 is 5.32 Å². The molecule has 2 aromatic carbocycles. The maximum Gasteiger partial charge on any atom is 0.0681 e. The van der Waals surface area contributed by atoms with E-state index >= 15 is 0 Å². The quantitative estimate of drug-likeness (QED) is 0.879. The molecule has 0 unspecified atom stereocenters. The number of benzene rings is 2. The highest BCUT2D eigenvalue weighted by Gasteiger charge is 2.29. The van der Waals surface area contributed by atoms with Crippen LogP contribution in [0.15, 0.2) is 48.5 Å². The molecule has 1 aliphatic rings. The molecule has 1 fully saturated rings. The molecule has 0 heterocycles. The monoisotopic (exact) mass is 301 g/mol. The van der Waals surface area contributed by atoms with Gasteiger partial charge in [0, 0.05) is 17.6 Å². The molecule has 0 aliphatic heterocycles. The maximum atomic E-state index is 9.03. The highest BCUT2D eigenvalue weighted by atomic mass is 35.5. The van der Waals surface area contributed by atoms with E-state index in [9.17, 15) is 0 Å².